The summed E-state index contributed by atoms with van der Waals surface area (Å²) in [4.78, 5) is 12.1. The van der Waals surface area contributed by atoms with Crippen LogP contribution in [0.25, 0.3) is 0 Å². The molecule has 5 heteroatoms. The van der Waals surface area contributed by atoms with Crippen LogP contribution in [0.5, 0.6) is 5.75 Å². The van der Waals surface area contributed by atoms with E-state index in [1.165, 1.54) is 12.1 Å². The Morgan fingerprint density at radius 1 is 1.24 bits per heavy atom. The fourth-order valence-electron chi connectivity index (χ4n) is 1.78. The Morgan fingerprint density at radius 2 is 1.90 bits per heavy atom. The molecule has 0 saturated carbocycles. The van der Waals surface area contributed by atoms with Crippen LogP contribution in [0.3, 0.4) is 0 Å². The van der Waals surface area contributed by atoms with E-state index in [1.54, 1.807) is 36.4 Å². The summed E-state index contributed by atoms with van der Waals surface area (Å²) in [6.07, 6.45) is -0.242. The third-order valence-corrected chi connectivity index (χ3v) is 3.14. The molecular weight excluding hydrogens is 293 g/mol. The molecule has 2 rings (SSSR count). The van der Waals surface area contributed by atoms with Crippen molar-refractivity contribution in [3.63, 3.8) is 0 Å². The van der Waals surface area contributed by atoms with Crippen molar-refractivity contribution >= 4 is 23.2 Å². The van der Waals surface area contributed by atoms with Crippen molar-refractivity contribution in [1.82, 2.24) is 0 Å². The number of nitrogens with one attached hydrogen (secondary N) is 1. The van der Waals surface area contributed by atoms with Crippen LogP contribution in [0, 0.1) is 5.82 Å². The fraction of sp³-hybridized carbons (Fsp3) is 0.188. The number of hydrogen-bond donors (Lipinski definition) is 1. The predicted octanol–water partition coefficient (Wildman–Crippen LogP) is 4.28. The lowest BCUT2D eigenvalue weighted by Crippen LogP contribution is -2.32. The van der Waals surface area contributed by atoms with E-state index in [4.69, 9.17) is 16.3 Å². The SMILES string of the molecule is CC[C@@H](Oc1ccc(Cl)cc1)C(=O)Nc1ccccc1F. The van der Waals surface area contributed by atoms with Crippen LogP contribution in [-0.4, -0.2) is 12.0 Å². The molecule has 0 aliphatic carbocycles. The van der Waals surface area contributed by atoms with E-state index in [9.17, 15) is 9.18 Å². The quantitative estimate of drug-likeness (QED) is 0.895. The molecule has 0 heterocycles. The molecule has 2 aromatic rings. The van der Waals surface area contributed by atoms with Crippen molar-refractivity contribution in [1.29, 1.82) is 0 Å². The number of carbonyl (C=O) groups is 1. The first-order valence-electron chi connectivity index (χ1n) is 6.57. The van der Waals surface area contributed by atoms with Crippen LogP contribution in [0.1, 0.15) is 13.3 Å². The zero-order chi connectivity index (χ0) is 15.2. The first-order chi connectivity index (χ1) is 10.1. The molecule has 0 aliphatic heterocycles. The molecule has 0 aliphatic rings. The Kier molecular flexibility index (Phi) is 5.17. The van der Waals surface area contributed by atoms with Crippen LogP contribution >= 0.6 is 11.6 Å². The van der Waals surface area contributed by atoms with Crippen LogP contribution < -0.4 is 10.1 Å². The molecule has 3 nitrogen and oxygen atoms in total. The molecule has 1 atom stereocenters. The van der Waals surface area contributed by atoms with E-state index in [1.807, 2.05) is 6.92 Å². The van der Waals surface area contributed by atoms with Gasteiger partial charge in [-0.1, -0.05) is 30.7 Å². The van der Waals surface area contributed by atoms with E-state index in [2.05, 4.69) is 5.32 Å². The molecule has 0 bridgehead atoms. The Bertz CT molecular complexity index is 616. The number of anilines is 1. The molecule has 1 N–H and O–H groups in total. The van der Waals surface area contributed by atoms with Crippen LogP contribution in [0.2, 0.25) is 5.02 Å². The summed E-state index contributed by atoms with van der Waals surface area (Å²) in [6, 6.07) is 12.7. The van der Waals surface area contributed by atoms with Gasteiger partial charge in [-0.15, -0.1) is 0 Å². The Hall–Kier alpha value is -2.07. The highest BCUT2D eigenvalue weighted by Gasteiger charge is 2.19. The molecule has 21 heavy (non-hydrogen) atoms. The van der Waals surface area contributed by atoms with E-state index >= 15 is 0 Å². The van der Waals surface area contributed by atoms with Crippen LogP contribution in [0.15, 0.2) is 48.5 Å². The molecular formula is C16H15ClFNO2. The maximum Gasteiger partial charge on any atom is 0.265 e. The fourth-order valence-corrected chi connectivity index (χ4v) is 1.90. The van der Waals surface area contributed by atoms with E-state index in [0.717, 1.165) is 0 Å². The molecule has 2 aromatic carbocycles. The van der Waals surface area contributed by atoms with Gasteiger partial charge in [-0.2, -0.15) is 0 Å². The van der Waals surface area contributed by atoms with Gasteiger partial charge in [0.25, 0.3) is 5.91 Å². The van der Waals surface area contributed by atoms with E-state index in [0.29, 0.717) is 17.2 Å². The molecule has 0 spiro atoms. The van der Waals surface area contributed by atoms with Crippen LogP contribution in [-0.2, 0) is 4.79 Å². The third kappa shape index (κ3) is 4.20. The number of ether oxygens (including phenoxy) is 1. The van der Waals surface area contributed by atoms with Crippen molar-refractivity contribution in [2.45, 2.75) is 19.4 Å². The Labute approximate surface area is 127 Å². The Balaban J connectivity index is 2.05. The van der Waals surface area contributed by atoms with Gasteiger partial charge in [0, 0.05) is 5.02 Å². The number of para-hydroxylation sites is 1. The van der Waals surface area contributed by atoms with Gasteiger partial charge in [0.1, 0.15) is 11.6 Å². The van der Waals surface area contributed by atoms with E-state index < -0.39 is 17.8 Å². The molecule has 1 amide bonds. The number of amides is 1. The average Bonchev–Trinajstić information content (AvgIpc) is 2.49. The summed E-state index contributed by atoms with van der Waals surface area (Å²) in [5, 5.41) is 3.12. The smallest absolute Gasteiger partial charge is 0.265 e. The highest BCUT2D eigenvalue weighted by molar-refractivity contribution is 6.30. The van der Waals surface area contributed by atoms with Crippen molar-refractivity contribution < 1.29 is 13.9 Å². The zero-order valence-corrected chi connectivity index (χ0v) is 12.2. The molecule has 110 valence electrons. The van der Waals surface area contributed by atoms with Gasteiger partial charge in [0.2, 0.25) is 0 Å². The largest absolute Gasteiger partial charge is 0.481 e. The summed E-state index contributed by atoms with van der Waals surface area (Å²) in [5.74, 6) is -0.334. The third-order valence-electron chi connectivity index (χ3n) is 2.89. The monoisotopic (exact) mass is 307 g/mol. The number of halogens is 2. The van der Waals surface area contributed by atoms with Gasteiger partial charge in [0.15, 0.2) is 6.10 Å². The zero-order valence-electron chi connectivity index (χ0n) is 11.5. The van der Waals surface area contributed by atoms with Crippen molar-refractivity contribution in [3.05, 3.63) is 59.4 Å². The van der Waals surface area contributed by atoms with Gasteiger partial charge < -0.3 is 10.1 Å². The number of carbonyl (C=O) groups excluding carboxylic acids is 1. The maximum atomic E-state index is 13.5. The lowest BCUT2D eigenvalue weighted by atomic mass is 10.2. The lowest BCUT2D eigenvalue weighted by Gasteiger charge is -2.17. The van der Waals surface area contributed by atoms with Crippen molar-refractivity contribution in [3.8, 4) is 5.75 Å². The van der Waals surface area contributed by atoms with Gasteiger partial charge >= 0.3 is 0 Å². The summed E-state index contributed by atoms with van der Waals surface area (Å²) in [5.41, 5.74) is 0.139. The minimum Gasteiger partial charge on any atom is -0.481 e. The molecule has 0 aromatic heterocycles. The number of benzene rings is 2. The molecule has 0 radical (unpaired) electrons. The Morgan fingerprint density at radius 3 is 2.52 bits per heavy atom. The number of hydrogen-bond acceptors (Lipinski definition) is 2. The average molecular weight is 308 g/mol. The summed E-state index contributed by atoms with van der Waals surface area (Å²) < 4.78 is 19.1. The first kappa shape index (κ1) is 15.3. The van der Waals surface area contributed by atoms with Gasteiger partial charge in [-0.3, -0.25) is 4.79 Å². The molecule has 0 unspecified atom stereocenters. The topological polar surface area (TPSA) is 38.3 Å². The second kappa shape index (κ2) is 7.09. The van der Waals surface area contributed by atoms with Crippen LogP contribution in [0.4, 0.5) is 10.1 Å². The lowest BCUT2D eigenvalue weighted by molar-refractivity contribution is -0.122. The normalized spacial score (nSPS) is 11.8. The van der Waals surface area contributed by atoms with Crippen molar-refractivity contribution in [2.24, 2.45) is 0 Å². The first-order valence-corrected chi connectivity index (χ1v) is 6.95. The summed E-state index contributed by atoms with van der Waals surface area (Å²) in [7, 11) is 0. The maximum absolute atomic E-state index is 13.5. The highest BCUT2D eigenvalue weighted by Crippen LogP contribution is 2.19. The standard InChI is InChI=1S/C16H15ClFNO2/c1-2-15(21-12-9-7-11(17)8-10-12)16(20)19-14-6-4-3-5-13(14)18/h3-10,15H,2H2,1H3,(H,19,20)/t15-/m1/s1. The second-order valence-corrected chi connectivity index (χ2v) is 4.87. The van der Waals surface area contributed by atoms with Gasteiger partial charge in [0.05, 0.1) is 5.69 Å². The highest BCUT2D eigenvalue weighted by atomic mass is 35.5. The minimum absolute atomic E-state index is 0.139. The van der Waals surface area contributed by atoms with Gasteiger partial charge in [-0.25, -0.2) is 4.39 Å². The summed E-state index contributed by atoms with van der Waals surface area (Å²) >= 11 is 5.79. The minimum atomic E-state index is -0.703. The van der Waals surface area contributed by atoms with E-state index in [-0.39, 0.29) is 5.69 Å². The predicted molar refractivity (Wildman–Crippen MR) is 81.2 cm³/mol. The van der Waals surface area contributed by atoms with Gasteiger partial charge in [-0.05, 0) is 42.8 Å². The second-order valence-electron chi connectivity index (χ2n) is 4.44. The number of rotatable bonds is 5. The summed E-state index contributed by atoms with van der Waals surface area (Å²) in [6.45, 7) is 1.82. The van der Waals surface area contributed by atoms with Crippen molar-refractivity contribution in [2.75, 3.05) is 5.32 Å². The molecule has 0 fully saturated rings. The molecule has 0 saturated heterocycles.